The van der Waals surface area contributed by atoms with E-state index in [0.717, 1.165) is 12.1 Å². The number of halogens is 3. The van der Waals surface area contributed by atoms with E-state index in [0.29, 0.717) is 10.6 Å². The lowest BCUT2D eigenvalue weighted by Gasteiger charge is -2.07. The Labute approximate surface area is 113 Å². The van der Waals surface area contributed by atoms with Gasteiger partial charge in [0.1, 0.15) is 5.82 Å². The van der Waals surface area contributed by atoms with Gasteiger partial charge in [0, 0.05) is 26.8 Å². The van der Waals surface area contributed by atoms with E-state index in [1.165, 1.54) is 6.07 Å². The van der Waals surface area contributed by atoms with Crippen LogP contribution in [0.25, 0.3) is 11.1 Å². The third kappa shape index (κ3) is 2.66. The number of hydrogen-bond acceptors (Lipinski definition) is 2. The lowest BCUT2D eigenvalue weighted by molar-refractivity contribution is 0.608. The van der Waals surface area contributed by atoms with Gasteiger partial charge in [-0.15, -0.1) is 0 Å². The van der Waals surface area contributed by atoms with Crippen molar-refractivity contribution < 1.29 is 12.8 Å². The van der Waals surface area contributed by atoms with Crippen molar-refractivity contribution in [2.45, 2.75) is 4.90 Å². The van der Waals surface area contributed by atoms with Crippen LogP contribution in [0, 0.1) is 5.82 Å². The Bertz CT molecular complexity index is 699. The highest BCUT2D eigenvalue weighted by Crippen LogP contribution is 2.31. The van der Waals surface area contributed by atoms with Crippen molar-refractivity contribution >= 4 is 31.3 Å². The maximum atomic E-state index is 13.7. The summed E-state index contributed by atoms with van der Waals surface area (Å²) in [6.07, 6.45) is 0. The second kappa shape index (κ2) is 4.88. The Hall–Kier alpha value is -1.10. The van der Waals surface area contributed by atoms with Crippen molar-refractivity contribution in [3.05, 3.63) is 53.3 Å². The van der Waals surface area contributed by atoms with Crippen LogP contribution in [0.2, 0.25) is 5.02 Å². The van der Waals surface area contributed by atoms with Gasteiger partial charge < -0.3 is 0 Å². The van der Waals surface area contributed by atoms with Crippen molar-refractivity contribution in [1.82, 2.24) is 0 Å². The first kappa shape index (κ1) is 13.3. The van der Waals surface area contributed by atoms with Crippen LogP contribution < -0.4 is 0 Å². The molecule has 6 heteroatoms. The summed E-state index contributed by atoms with van der Waals surface area (Å²) in [4.78, 5) is -0.166. The SMILES string of the molecule is O=S(=O)(Cl)c1ccc(F)c(-c2ccccc2Cl)c1. The molecule has 0 fully saturated rings. The Morgan fingerprint density at radius 1 is 1.00 bits per heavy atom. The first-order valence-electron chi connectivity index (χ1n) is 4.89. The van der Waals surface area contributed by atoms with Gasteiger partial charge in [0.2, 0.25) is 0 Å². The maximum Gasteiger partial charge on any atom is 0.261 e. The third-order valence-corrected chi connectivity index (χ3v) is 4.06. The summed E-state index contributed by atoms with van der Waals surface area (Å²) < 4.78 is 36.2. The zero-order valence-corrected chi connectivity index (χ0v) is 11.2. The standard InChI is InChI=1S/C12H7Cl2FO2S/c13-11-4-2-1-3-9(11)10-7-8(18(14,16)17)5-6-12(10)15/h1-7H. The summed E-state index contributed by atoms with van der Waals surface area (Å²) in [5, 5.41) is 0.334. The molecule has 0 spiro atoms. The van der Waals surface area contributed by atoms with E-state index in [-0.39, 0.29) is 10.5 Å². The molecule has 2 nitrogen and oxygen atoms in total. The lowest BCUT2D eigenvalue weighted by Crippen LogP contribution is -1.93. The Morgan fingerprint density at radius 3 is 2.28 bits per heavy atom. The van der Waals surface area contributed by atoms with E-state index in [1.54, 1.807) is 24.3 Å². The Morgan fingerprint density at radius 2 is 1.67 bits per heavy atom. The van der Waals surface area contributed by atoms with Crippen LogP contribution in [0.5, 0.6) is 0 Å². The van der Waals surface area contributed by atoms with Gasteiger partial charge in [-0.1, -0.05) is 29.8 Å². The van der Waals surface area contributed by atoms with Crippen LogP contribution in [0.3, 0.4) is 0 Å². The van der Waals surface area contributed by atoms with E-state index < -0.39 is 14.9 Å². The van der Waals surface area contributed by atoms with Crippen LogP contribution in [-0.4, -0.2) is 8.42 Å². The number of rotatable bonds is 2. The van der Waals surface area contributed by atoms with Crippen molar-refractivity contribution in [2.75, 3.05) is 0 Å². The van der Waals surface area contributed by atoms with E-state index in [9.17, 15) is 12.8 Å². The topological polar surface area (TPSA) is 34.1 Å². The van der Waals surface area contributed by atoms with Gasteiger partial charge in [-0.25, -0.2) is 12.8 Å². The van der Waals surface area contributed by atoms with E-state index in [1.807, 2.05) is 0 Å². The fourth-order valence-electron chi connectivity index (χ4n) is 1.54. The van der Waals surface area contributed by atoms with E-state index in [2.05, 4.69) is 0 Å². The molecule has 0 heterocycles. The Kier molecular flexibility index (Phi) is 3.61. The molecule has 0 N–H and O–H groups in total. The van der Waals surface area contributed by atoms with Crippen molar-refractivity contribution in [3.8, 4) is 11.1 Å². The Balaban J connectivity index is 2.69. The molecule has 18 heavy (non-hydrogen) atoms. The van der Waals surface area contributed by atoms with Crippen molar-refractivity contribution in [1.29, 1.82) is 0 Å². The van der Waals surface area contributed by atoms with Crippen LogP contribution in [0.4, 0.5) is 4.39 Å². The summed E-state index contributed by atoms with van der Waals surface area (Å²) >= 11 is 5.95. The fraction of sp³-hybridized carbons (Fsp3) is 0. The molecule has 0 aliphatic rings. The third-order valence-electron chi connectivity index (χ3n) is 2.38. The minimum absolute atomic E-state index is 0.0994. The summed E-state index contributed by atoms with van der Waals surface area (Å²) in [5.41, 5.74) is 0.515. The zero-order chi connectivity index (χ0) is 13.3. The van der Waals surface area contributed by atoms with Crippen LogP contribution in [-0.2, 0) is 9.05 Å². The first-order valence-corrected chi connectivity index (χ1v) is 7.57. The number of benzene rings is 2. The molecule has 0 amide bonds. The average Bonchev–Trinajstić information content (AvgIpc) is 2.29. The highest BCUT2D eigenvalue weighted by molar-refractivity contribution is 8.13. The molecule has 0 bridgehead atoms. The molecule has 94 valence electrons. The molecular formula is C12H7Cl2FO2S. The molecule has 0 aliphatic carbocycles. The summed E-state index contributed by atoms with van der Waals surface area (Å²) in [6, 6.07) is 9.91. The largest absolute Gasteiger partial charge is 0.261 e. The molecule has 0 atom stereocenters. The van der Waals surface area contributed by atoms with Crippen molar-refractivity contribution in [3.63, 3.8) is 0 Å². The van der Waals surface area contributed by atoms with E-state index >= 15 is 0 Å². The average molecular weight is 305 g/mol. The maximum absolute atomic E-state index is 13.7. The highest BCUT2D eigenvalue weighted by Gasteiger charge is 2.15. The molecule has 0 aliphatic heterocycles. The molecule has 2 aromatic rings. The number of hydrogen-bond donors (Lipinski definition) is 0. The van der Waals surface area contributed by atoms with Gasteiger partial charge in [0.05, 0.1) is 4.90 Å². The fourth-order valence-corrected chi connectivity index (χ4v) is 2.56. The predicted octanol–water partition coefficient (Wildman–Crippen LogP) is 4.07. The molecule has 0 saturated carbocycles. The summed E-state index contributed by atoms with van der Waals surface area (Å²) in [5.74, 6) is -0.563. The van der Waals surface area contributed by atoms with Crippen molar-refractivity contribution in [2.24, 2.45) is 0 Å². The second-order valence-corrected chi connectivity index (χ2v) is 6.53. The molecule has 0 radical (unpaired) electrons. The van der Waals surface area contributed by atoms with Gasteiger partial charge in [-0.2, -0.15) is 0 Å². The summed E-state index contributed by atoms with van der Waals surface area (Å²) in [6.45, 7) is 0. The first-order chi connectivity index (χ1) is 8.39. The van der Waals surface area contributed by atoms with Gasteiger partial charge >= 0.3 is 0 Å². The molecule has 0 unspecified atom stereocenters. The van der Waals surface area contributed by atoms with Gasteiger partial charge in [-0.05, 0) is 24.3 Å². The molecule has 2 rings (SSSR count). The molecular weight excluding hydrogens is 298 g/mol. The van der Waals surface area contributed by atoms with Crippen LogP contribution in [0.15, 0.2) is 47.4 Å². The van der Waals surface area contributed by atoms with Gasteiger partial charge in [-0.3, -0.25) is 0 Å². The summed E-state index contributed by atoms with van der Waals surface area (Å²) in [7, 11) is 1.33. The zero-order valence-electron chi connectivity index (χ0n) is 8.90. The molecule has 2 aromatic carbocycles. The quantitative estimate of drug-likeness (QED) is 0.784. The highest BCUT2D eigenvalue weighted by atomic mass is 35.7. The predicted molar refractivity (Wildman–Crippen MR) is 69.9 cm³/mol. The van der Waals surface area contributed by atoms with Gasteiger partial charge in [0.25, 0.3) is 9.05 Å². The molecule has 0 saturated heterocycles. The van der Waals surface area contributed by atoms with E-state index in [4.69, 9.17) is 22.3 Å². The van der Waals surface area contributed by atoms with Gasteiger partial charge in [0.15, 0.2) is 0 Å². The lowest BCUT2D eigenvalue weighted by atomic mass is 10.1. The van der Waals surface area contributed by atoms with Crippen LogP contribution in [0.1, 0.15) is 0 Å². The normalized spacial score (nSPS) is 11.5. The monoisotopic (exact) mass is 304 g/mol. The smallest absolute Gasteiger partial charge is 0.207 e. The van der Waals surface area contributed by atoms with Crippen LogP contribution >= 0.6 is 22.3 Å². The second-order valence-electron chi connectivity index (χ2n) is 3.56. The minimum atomic E-state index is -3.90. The molecule has 0 aromatic heterocycles. The minimum Gasteiger partial charge on any atom is -0.207 e.